The molecular formula is C10H13BrN2O3. The van der Waals surface area contributed by atoms with Crippen molar-refractivity contribution in [2.24, 2.45) is 0 Å². The third-order valence-corrected chi connectivity index (χ3v) is 2.85. The van der Waals surface area contributed by atoms with Gasteiger partial charge in [0.15, 0.2) is 0 Å². The Balaban J connectivity index is 2.96. The van der Waals surface area contributed by atoms with Crippen molar-refractivity contribution < 1.29 is 4.92 Å². The second-order valence-corrected chi connectivity index (χ2v) is 4.32. The average molecular weight is 289 g/mol. The van der Waals surface area contributed by atoms with Crippen LogP contribution in [0.2, 0.25) is 0 Å². The first-order valence-corrected chi connectivity index (χ1v) is 6.10. The number of alkyl halides is 1. The maximum absolute atomic E-state index is 11.5. The first kappa shape index (κ1) is 12.9. The van der Waals surface area contributed by atoms with E-state index >= 15 is 0 Å². The number of nitrogens with zero attached hydrogens (tertiary/aromatic N) is 2. The molecule has 1 aromatic rings. The van der Waals surface area contributed by atoms with E-state index in [-0.39, 0.29) is 11.2 Å². The van der Waals surface area contributed by atoms with Gasteiger partial charge in [0.05, 0.1) is 11.1 Å². The van der Waals surface area contributed by atoms with Crippen LogP contribution in [0.4, 0.5) is 5.69 Å². The Morgan fingerprint density at radius 2 is 2.19 bits per heavy atom. The Morgan fingerprint density at radius 3 is 2.75 bits per heavy atom. The summed E-state index contributed by atoms with van der Waals surface area (Å²) in [5.41, 5.74) is 0.225. The zero-order chi connectivity index (χ0) is 12.1. The van der Waals surface area contributed by atoms with Crippen LogP contribution >= 0.6 is 15.9 Å². The third kappa shape index (κ3) is 3.16. The standard InChI is InChI=1S/C10H13BrN2O3/c1-8-6-10(14)12(5-3-2-4-11)7-9(8)13(15)16/h6-7H,2-5H2,1H3. The topological polar surface area (TPSA) is 65.1 Å². The predicted octanol–water partition coefficient (Wildman–Crippen LogP) is 2.24. The summed E-state index contributed by atoms with van der Waals surface area (Å²) < 4.78 is 1.40. The molecule has 0 amide bonds. The predicted molar refractivity (Wildman–Crippen MR) is 65.1 cm³/mol. The fourth-order valence-electron chi connectivity index (χ4n) is 1.40. The lowest BCUT2D eigenvalue weighted by atomic mass is 10.2. The molecule has 0 saturated carbocycles. The second-order valence-electron chi connectivity index (χ2n) is 3.53. The molecule has 16 heavy (non-hydrogen) atoms. The Morgan fingerprint density at radius 1 is 1.50 bits per heavy atom. The smallest absolute Gasteiger partial charge is 0.288 e. The largest absolute Gasteiger partial charge is 0.309 e. The molecule has 0 saturated heterocycles. The molecule has 0 aromatic carbocycles. The summed E-state index contributed by atoms with van der Waals surface area (Å²) in [7, 11) is 0. The molecule has 88 valence electrons. The highest BCUT2D eigenvalue weighted by Gasteiger charge is 2.12. The van der Waals surface area contributed by atoms with Crippen LogP contribution in [0.15, 0.2) is 17.1 Å². The minimum Gasteiger partial charge on any atom is -0.309 e. The van der Waals surface area contributed by atoms with Crippen LogP contribution in [0.3, 0.4) is 0 Å². The minimum atomic E-state index is -0.463. The highest BCUT2D eigenvalue weighted by atomic mass is 79.9. The summed E-state index contributed by atoms with van der Waals surface area (Å²) in [5, 5.41) is 11.6. The quantitative estimate of drug-likeness (QED) is 0.361. The van der Waals surface area contributed by atoms with Crippen molar-refractivity contribution in [3.8, 4) is 0 Å². The zero-order valence-corrected chi connectivity index (χ0v) is 10.6. The molecule has 5 nitrogen and oxygen atoms in total. The lowest BCUT2D eigenvalue weighted by Crippen LogP contribution is -2.20. The van der Waals surface area contributed by atoms with E-state index in [1.54, 1.807) is 6.92 Å². The number of hydrogen-bond acceptors (Lipinski definition) is 3. The summed E-state index contributed by atoms with van der Waals surface area (Å²) in [5.74, 6) is 0. The van der Waals surface area contributed by atoms with Gasteiger partial charge in [-0.2, -0.15) is 0 Å². The van der Waals surface area contributed by atoms with Gasteiger partial charge in [0, 0.05) is 23.5 Å². The zero-order valence-electron chi connectivity index (χ0n) is 8.98. The SMILES string of the molecule is Cc1cc(=O)n(CCCCBr)cc1[N+](=O)[O-]. The van der Waals surface area contributed by atoms with Gasteiger partial charge in [0.2, 0.25) is 0 Å². The Hall–Kier alpha value is -1.17. The van der Waals surface area contributed by atoms with E-state index in [4.69, 9.17) is 0 Å². The number of rotatable bonds is 5. The van der Waals surface area contributed by atoms with Gasteiger partial charge in [-0.15, -0.1) is 0 Å². The Bertz CT molecular complexity index is 442. The molecule has 0 aliphatic rings. The van der Waals surface area contributed by atoms with E-state index in [0.717, 1.165) is 18.2 Å². The van der Waals surface area contributed by atoms with Crippen molar-refractivity contribution in [2.75, 3.05) is 5.33 Å². The van der Waals surface area contributed by atoms with Gasteiger partial charge in [-0.1, -0.05) is 15.9 Å². The molecule has 0 spiro atoms. The molecule has 0 aliphatic carbocycles. The van der Waals surface area contributed by atoms with E-state index in [1.807, 2.05) is 0 Å². The minimum absolute atomic E-state index is 0.00144. The molecule has 0 bridgehead atoms. The second kappa shape index (κ2) is 5.79. The summed E-state index contributed by atoms with van der Waals surface area (Å²) in [6, 6.07) is 1.31. The lowest BCUT2D eigenvalue weighted by molar-refractivity contribution is -0.385. The van der Waals surface area contributed by atoms with E-state index < -0.39 is 4.92 Å². The fourth-order valence-corrected chi connectivity index (χ4v) is 1.79. The van der Waals surface area contributed by atoms with Crippen molar-refractivity contribution in [2.45, 2.75) is 26.3 Å². The Labute approximate surface area is 101 Å². The van der Waals surface area contributed by atoms with Gasteiger partial charge in [0.25, 0.3) is 11.2 Å². The van der Waals surface area contributed by atoms with Crippen molar-refractivity contribution >= 4 is 21.6 Å². The summed E-state index contributed by atoms with van der Waals surface area (Å²) in [4.78, 5) is 21.8. The third-order valence-electron chi connectivity index (χ3n) is 2.28. The molecule has 0 aliphatic heterocycles. The number of pyridine rings is 1. The number of unbranched alkanes of at least 4 members (excludes halogenated alkanes) is 1. The van der Waals surface area contributed by atoms with Crippen molar-refractivity contribution in [3.63, 3.8) is 0 Å². The fraction of sp³-hybridized carbons (Fsp3) is 0.500. The van der Waals surface area contributed by atoms with Crippen LogP contribution in [0.5, 0.6) is 0 Å². The first-order chi connectivity index (χ1) is 7.56. The highest BCUT2D eigenvalue weighted by Crippen LogP contribution is 2.14. The van der Waals surface area contributed by atoms with Crippen LogP contribution in [-0.2, 0) is 6.54 Å². The molecule has 0 fully saturated rings. The lowest BCUT2D eigenvalue weighted by Gasteiger charge is -2.05. The van der Waals surface area contributed by atoms with E-state index in [9.17, 15) is 14.9 Å². The maximum atomic E-state index is 11.5. The molecule has 6 heteroatoms. The van der Waals surface area contributed by atoms with E-state index in [0.29, 0.717) is 12.1 Å². The average Bonchev–Trinajstić information content (AvgIpc) is 2.21. The molecular weight excluding hydrogens is 276 g/mol. The van der Waals surface area contributed by atoms with Crippen molar-refractivity contribution in [1.29, 1.82) is 0 Å². The number of aromatic nitrogens is 1. The van der Waals surface area contributed by atoms with Crippen LogP contribution in [-0.4, -0.2) is 14.8 Å². The molecule has 1 aromatic heterocycles. The molecule has 1 rings (SSSR count). The van der Waals surface area contributed by atoms with Gasteiger partial charge < -0.3 is 4.57 Å². The molecule has 0 atom stereocenters. The number of halogens is 1. The summed E-state index contributed by atoms with van der Waals surface area (Å²) in [6.45, 7) is 2.09. The van der Waals surface area contributed by atoms with Crippen LogP contribution in [0, 0.1) is 17.0 Å². The van der Waals surface area contributed by atoms with Gasteiger partial charge in [0.1, 0.15) is 0 Å². The van der Waals surface area contributed by atoms with Crippen molar-refractivity contribution in [1.82, 2.24) is 4.57 Å². The van der Waals surface area contributed by atoms with Crippen LogP contribution in [0.1, 0.15) is 18.4 Å². The van der Waals surface area contributed by atoms with Crippen LogP contribution in [0.25, 0.3) is 0 Å². The number of hydrogen-bond donors (Lipinski definition) is 0. The van der Waals surface area contributed by atoms with Crippen LogP contribution < -0.4 is 5.56 Å². The number of aryl methyl sites for hydroxylation is 2. The normalized spacial score (nSPS) is 10.4. The van der Waals surface area contributed by atoms with Gasteiger partial charge in [-0.25, -0.2) is 0 Å². The molecule has 1 heterocycles. The van der Waals surface area contributed by atoms with Gasteiger partial charge in [-0.3, -0.25) is 14.9 Å². The maximum Gasteiger partial charge on any atom is 0.288 e. The summed E-state index contributed by atoms with van der Waals surface area (Å²) >= 11 is 3.30. The Kier molecular flexibility index (Phi) is 4.67. The van der Waals surface area contributed by atoms with Gasteiger partial charge >= 0.3 is 0 Å². The highest BCUT2D eigenvalue weighted by molar-refractivity contribution is 9.09. The van der Waals surface area contributed by atoms with Crippen molar-refractivity contribution in [3.05, 3.63) is 38.3 Å². The monoisotopic (exact) mass is 288 g/mol. The van der Waals surface area contributed by atoms with E-state index in [2.05, 4.69) is 15.9 Å². The number of nitro groups is 1. The van der Waals surface area contributed by atoms with Gasteiger partial charge in [-0.05, 0) is 19.8 Å². The summed E-state index contributed by atoms with van der Waals surface area (Å²) in [6.07, 6.45) is 3.09. The first-order valence-electron chi connectivity index (χ1n) is 4.97. The van der Waals surface area contributed by atoms with E-state index in [1.165, 1.54) is 16.8 Å². The molecule has 0 unspecified atom stereocenters. The molecule has 0 N–H and O–H groups in total. The molecule has 0 radical (unpaired) electrons.